The summed E-state index contributed by atoms with van der Waals surface area (Å²) in [5.74, 6) is 1.44. The lowest BCUT2D eigenvalue weighted by atomic mass is 10.1. The molecule has 11 nitrogen and oxygen atoms in total. The second kappa shape index (κ2) is 13.9. The van der Waals surface area contributed by atoms with Crippen LogP contribution in [0.1, 0.15) is 11.3 Å². The van der Waals surface area contributed by atoms with Crippen LogP contribution >= 0.6 is 0 Å². The number of fused-ring (bicyclic) bond motifs is 2. The highest BCUT2D eigenvalue weighted by Crippen LogP contribution is 2.31. The lowest BCUT2D eigenvalue weighted by Gasteiger charge is -2.09. The van der Waals surface area contributed by atoms with Crippen LogP contribution in [0.15, 0.2) is 122 Å². The van der Waals surface area contributed by atoms with Crippen LogP contribution in [0.2, 0.25) is 0 Å². The Morgan fingerprint density at radius 3 is 2.31 bits per heavy atom. The molecule has 4 aromatic carbocycles. The molecule has 7 aromatic rings. The van der Waals surface area contributed by atoms with Gasteiger partial charge < -0.3 is 28.2 Å². The minimum atomic E-state index is -0.474. The fourth-order valence-corrected chi connectivity index (χ4v) is 5.31. The number of aryl methyl sites for hydroxylation is 1. The van der Waals surface area contributed by atoms with Crippen molar-refractivity contribution in [3.05, 3.63) is 135 Å². The van der Waals surface area contributed by atoms with Crippen LogP contribution in [0.3, 0.4) is 0 Å². The van der Waals surface area contributed by atoms with Crippen LogP contribution in [0.4, 0.5) is 0 Å². The van der Waals surface area contributed by atoms with Crippen LogP contribution in [-0.2, 0) is 17.9 Å². The van der Waals surface area contributed by atoms with Gasteiger partial charge >= 0.3 is 0 Å². The highest BCUT2D eigenvalue weighted by Gasteiger charge is 2.15. The van der Waals surface area contributed by atoms with Gasteiger partial charge in [-0.1, -0.05) is 29.0 Å². The maximum absolute atomic E-state index is 12.6. The van der Waals surface area contributed by atoms with Gasteiger partial charge in [0.15, 0.2) is 11.2 Å². The molecule has 0 unspecified atom stereocenters. The Morgan fingerprint density at radius 2 is 1.49 bits per heavy atom. The van der Waals surface area contributed by atoms with Gasteiger partial charge in [-0.15, -0.1) is 5.10 Å². The van der Waals surface area contributed by atoms with Gasteiger partial charge in [-0.25, -0.2) is 4.68 Å². The Labute approximate surface area is 279 Å². The Hall–Kier alpha value is -6.20. The molecule has 0 fully saturated rings. The zero-order valence-electron chi connectivity index (χ0n) is 26.5. The van der Waals surface area contributed by atoms with E-state index in [1.54, 1.807) is 59.4 Å². The first kappa shape index (κ1) is 31.4. The van der Waals surface area contributed by atoms with E-state index in [1.165, 1.54) is 6.07 Å². The molecule has 1 N–H and O–H groups in total. The van der Waals surface area contributed by atoms with E-state index in [0.29, 0.717) is 76.8 Å². The van der Waals surface area contributed by atoms with Gasteiger partial charge in [0.25, 0.3) is 0 Å². The predicted molar refractivity (Wildman–Crippen MR) is 183 cm³/mol. The summed E-state index contributed by atoms with van der Waals surface area (Å²) in [5.41, 5.74) is 3.41. The minimum absolute atomic E-state index is 0.0800. The zero-order valence-corrected chi connectivity index (χ0v) is 26.5. The highest BCUT2D eigenvalue weighted by atomic mass is 16.5. The molecule has 0 amide bonds. The van der Waals surface area contributed by atoms with E-state index in [0.717, 1.165) is 11.1 Å². The summed E-state index contributed by atoms with van der Waals surface area (Å²) in [6, 6.07) is 28.1. The number of aromatic nitrogens is 3. The van der Waals surface area contributed by atoms with Crippen LogP contribution in [0.25, 0.3) is 44.6 Å². The third-order valence-corrected chi connectivity index (χ3v) is 7.85. The number of aromatic hydroxyl groups is 1. The number of para-hydroxylation sites is 1. The fourth-order valence-electron chi connectivity index (χ4n) is 5.31. The van der Waals surface area contributed by atoms with Gasteiger partial charge in [0, 0.05) is 17.2 Å². The summed E-state index contributed by atoms with van der Waals surface area (Å²) in [7, 11) is 0. The van der Waals surface area contributed by atoms with E-state index in [9.17, 15) is 14.7 Å². The molecular weight excluding hydrogens is 626 g/mol. The average molecular weight is 658 g/mol. The topological polar surface area (TPSA) is 139 Å². The molecule has 0 saturated carbocycles. The molecule has 3 aromatic heterocycles. The van der Waals surface area contributed by atoms with Crippen molar-refractivity contribution in [3.63, 3.8) is 0 Å². The summed E-state index contributed by atoms with van der Waals surface area (Å²) >= 11 is 0. The number of hydrogen-bond donors (Lipinski definition) is 1. The van der Waals surface area contributed by atoms with Gasteiger partial charge in [-0.2, -0.15) is 0 Å². The summed E-state index contributed by atoms with van der Waals surface area (Å²) in [6.07, 6.45) is 1.80. The van der Waals surface area contributed by atoms with Crippen molar-refractivity contribution < 1.29 is 28.2 Å². The smallest absolute Gasteiger partial charge is 0.235 e. The molecule has 7 rings (SSSR count). The third-order valence-electron chi connectivity index (χ3n) is 7.85. The van der Waals surface area contributed by atoms with Crippen molar-refractivity contribution in [2.24, 2.45) is 0 Å². The number of hydrogen-bond acceptors (Lipinski definition) is 10. The number of rotatable bonds is 12. The maximum Gasteiger partial charge on any atom is 0.235 e. The lowest BCUT2D eigenvalue weighted by Crippen LogP contribution is -2.11. The molecule has 0 bridgehead atoms. The number of benzene rings is 4. The molecule has 0 aliphatic carbocycles. The monoisotopic (exact) mass is 657 g/mol. The summed E-state index contributed by atoms with van der Waals surface area (Å²) in [6.45, 7) is 3.80. The second-order valence-electron chi connectivity index (χ2n) is 11.4. The predicted octanol–water partition coefficient (Wildman–Crippen LogP) is 6.51. The number of nitrogens with zero attached hydrogens (tertiary/aromatic N) is 3. The number of ether oxygens (including phenoxy) is 3. The molecule has 3 heterocycles. The first-order valence-electron chi connectivity index (χ1n) is 15.6. The van der Waals surface area contributed by atoms with E-state index < -0.39 is 11.2 Å². The normalized spacial score (nSPS) is 11.3. The van der Waals surface area contributed by atoms with Crippen LogP contribution < -0.4 is 20.3 Å². The summed E-state index contributed by atoms with van der Waals surface area (Å²) < 4.78 is 30.8. The van der Waals surface area contributed by atoms with Gasteiger partial charge in [-0.3, -0.25) is 9.59 Å². The largest absolute Gasteiger partial charge is 0.502 e. The fraction of sp³-hybridized carbons (Fsp3) is 0.158. The first-order valence-corrected chi connectivity index (χ1v) is 15.6. The first-order chi connectivity index (χ1) is 23.9. The standard InChI is InChI=1S/C38H31N3O8/c1-24-6-15-34-31(20-24)32(42)21-35(48-34)25-7-11-29(12-8-25)47-23-27-22-41(40-39-27)16-17-45-18-19-46-28-13-9-26(10-14-28)38-37(44)36(43)30-4-2-3-5-33(30)49-38/h2-15,20-22,44H,16-19,23H2,1H3. The molecule has 0 spiro atoms. The van der Waals surface area contributed by atoms with Crippen molar-refractivity contribution in [2.75, 3.05) is 19.8 Å². The van der Waals surface area contributed by atoms with Crippen molar-refractivity contribution in [1.82, 2.24) is 15.0 Å². The lowest BCUT2D eigenvalue weighted by molar-refractivity contribution is 0.0923. The molecule has 0 aliphatic rings. The minimum Gasteiger partial charge on any atom is -0.502 e. The Bertz CT molecular complexity index is 2360. The van der Waals surface area contributed by atoms with Gasteiger partial charge in [0.1, 0.15) is 47.3 Å². The van der Waals surface area contributed by atoms with Crippen molar-refractivity contribution in [2.45, 2.75) is 20.1 Å². The van der Waals surface area contributed by atoms with E-state index in [-0.39, 0.29) is 17.8 Å². The molecule has 49 heavy (non-hydrogen) atoms. The Balaban J connectivity index is 0.838. The van der Waals surface area contributed by atoms with Gasteiger partial charge in [0.2, 0.25) is 11.2 Å². The van der Waals surface area contributed by atoms with E-state index in [2.05, 4.69) is 10.3 Å². The summed E-state index contributed by atoms with van der Waals surface area (Å²) in [5, 5.41) is 19.6. The zero-order chi connectivity index (χ0) is 33.7. The third kappa shape index (κ3) is 7.07. The van der Waals surface area contributed by atoms with E-state index in [4.69, 9.17) is 23.0 Å². The van der Waals surface area contributed by atoms with Crippen molar-refractivity contribution in [3.8, 4) is 39.9 Å². The van der Waals surface area contributed by atoms with E-state index >= 15 is 0 Å². The summed E-state index contributed by atoms with van der Waals surface area (Å²) in [4.78, 5) is 25.1. The quantitative estimate of drug-likeness (QED) is 0.145. The second-order valence-corrected chi connectivity index (χ2v) is 11.4. The molecular formula is C38H31N3O8. The highest BCUT2D eigenvalue weighted by molar-refractivity contribution is 5.82. The Morgan fingerprint density at radius 1 is 0.755 bits per heavy atom. The maximum atomic E-state index is 12.6. The molecule has 0 saturated heterocycles. The SMILES string of the molecule is Cc1ccc2oc(-c3ccc(OCc4cn(CCOCCOc5ccc(-c6oc7ccccc7c(=O)c6O)cc5)nn4)cc3)cc(=O)c2c1. The molecule has 11 heteroatoms. The van der Waals surface area contributed by atoms with Crippen LogP contribution in [-0.4, -0.2) is 39.9 Å². The van der Waals surface area contributed by atoms with Crippen LogP contribution in [0.5, 0.6) is 17.2 Å². The van der Waals surface area contributed by atoms with Gasteiger partial charge in [-0.05, 0) is 79.7 Å². The van der Waals surface area contributed by atoms with Crippen molar-refractivity contribution in [1.29, 1.82) is 0 Å². The van der Waals surface area contributed by atoms with Crippen molar-refractivity contribution >= 4 is 21.9 Å². The van der Waals surface area contributed by atoms with E-state index in [1.807, 2.05) is 49.4 Å². The average Bonchev–Trinajstić information content (AvgIpc) is 3.59. The Kier molecular flexibility index (Phi) is 8.90. The van der Waals surface area contributed by atoms with Gasteiger partial charge in [0.05, 0.1) is 36.7 Å². The molecule has 0 atom stereocenters. The molecule has 0 aliphatic heterocycles. The molecule has 246 valence electrons. The molecule has 0 radical (unpaired) electrons. The van der Waals surface area contributed by atoms with Crippen LogP contribution in [0, 0.1) is 6.92 Å².